The van der Waals surface area contributed by atoms with Gasteiger partial charge in [0.2, 0.25) is 5.76 Å². The van der Waals surface area contributed by atoms with Crippen LogP contribution in [0.3, 0.4) is 0 Å². The van der Waals surface area contributed by atoms with Crippen molar-refractivity contribution in [2.24, 2.45) is 0 Å². The topological polar surface area (TPSA) is 54.9 Å². The summed E-state index contributed by atoms with van der Waals surface area (Å²) >= 11 is 10.5. The molecule has 0 N–H and O–H groups in total. The number of ether oxygens (including phenoxy) is 2. The van der Waals surface area contributed by atoms with E-state index >= 15 is 0 Å². The van der Waals surface area contributed by atoms with Crippen LogP contribution in [0.2, 0.25) is 5.02 Å². The van der Waals surface area contributed by atoms with Crippen molar-refractivity contribution in [1.29, 1.82) is 0 Å². The van der Waals surface area contributed by atoms with Crippen LogP contribution in [0.4, 0.5) is 0 Å². The third-order valence-corrected chi connectivity index (χ3v) is 4.14. The van der Waals surface area contributed by atoms with Gasteiger partial charge in [0.1, 0.15) is 11.7 Å². The summed E-state index contributed by atoms with van der Waals surface area (Å²) in [7, 11) is 0. The highest BCUT2D eigenvalue weighted by molar-refractivity contribution is 7.84. The summed E-state index contributed by atoms with van der Waals surface area (Å²) in [5.41, 5.74) is 10.9. The van der Waals surface area contributed by atoms with E-state index in [-0.39, 0.29) is 5.92 Å². The highest BCUT2D eigenvalue weighted by Crippen LogP contribution is 2.37. The number of hydrogen-bond acceptors (Lipinski definition) is 3. The van der Waals surface area contributed by atoms with E-state index in [2.05, 4.69) is 17.4 Å². The van der Waals surface area contributed by atoms with Gasteiger partial charge in [0, 0.05) is 16.0 Å². The van der Waals surface area contributed by atoms with E-state index in [9.17, 15) is 5.53 Å². The molecule has 1 aromatic carbocycles. The highest BCUT2D eigenvalue weighted by atomic mass is 35.5. The number of hydrogen-bond donors (Lipinski definition) is 1. The van der Waals surface area contributed by atoms with E-state index in [1.807, 2.05) is 26.0 Å². The molecule has 128 valence electrons. The quantitative estimate of drug-likeness (QED) is 0.421. The smallest absolute Gasteiger partial charge is 0.348 e. The Kier molecular flexibility index (Phi) is 6.98. The third kappa shape index (κ3) is 4.23. The summed E-state index contributed by atoms with van der Waals surface area (Å²) in [6.45, 7) is 5.14. The maximum atomic E-state index is 9.61. The molecule has 2 rings (SSSR count). The Morgan fingerprint density at radius 3 is 2.33 bits per heavy atom. The average Bonchev–Trinajstić information content (AvgIpc) is 2.59. The molecule has 24 heavy (non-hydrogen) atoms. The molecule has 0 bridgehead atoms. The Balaban J connectivity index is 2.50. The van der Waals surface area contributed by atoms with Gasteiger partial charge in [0.15, 0.2) is 0 Å². The summed E-state index contributed by atoms with van der Waals surface area (Å²) in [5, 5.41) is 0.640. The van der Waals surface area contributed by atoms with Crippen LogP contribution >= 0.6 is 24.2 Å². The van der Waals surface area contributed by atoms with E-state index in [1.54, 1.807) is 18.2 Å². The first-order valence-electron chi connectivity index (χ1n) is 8.00. The van der Waals surface area contributed by atoms with Gasteiger partial charge in [-0.15, -0.1) is 12.6 Å². The zero-order valence-electron chi connectivity index (χ0n) is 13.8. The fraction of sp³-hybridized carbons (Fsp3) is 0.389. The molecule has 4 nitrogen and oxygen atoms in total. The number of nitrogens with zero attached hydrogens (tertiary/aromatic N) is 2. The van der Waals surface area contributed by atoms with Crippen molar-refractivity contribution < 1.29 is 14.3 Å². The highest BCUT2D eigenvalue weighted by Gasteiger charge is 2.39. The Hall–Kier alpha value is -1.68. The van der Waals surface area contributed by atoms with E-state index in [0.717, 1.165) is 18.4 Å². The van der Waals surface area contributed by atoms with Crippen LogP contribution in [0.15, 0.2) is 46.8 Å². The second-order valence-corrected chi connectivity index (χ2v) is 6.34. The molecule has 1 unspecified atom stereocenters. The van der Waals surface area contributed by atoms with Gasteiger partial charge in [0.05, 0.1) is 13.2 Å². The lowest BCUT2D eigenvalue weighted by atomic mass is 9.87. The molecule has 0 saturated heterocycles. The summed E-state index contributed by atoms with van der Waals surface area (Å²) in [5.74, 6) is 0.774. The van der Waals surface area contributed by atoms with E-state index in [0.29, 0.717) is 40.4 Å². The first-order chi connectivity index (χ1) is 11.6. The fourth-order valence-corrected chi connectivity index (χ4v) is 2.89. The van der Waals surface area contributed by atoms with Gasteiger partial charge >= 0.3 is 5.71 Å². The molecule has 0 aromatic heterocycles. The molecule has 1 atom stereocenters. The first-order valence-corrected chi connectivity index (χ1v) is 8.83. The number of allylic oxidation sites excluding steroid dienone is 3. The third-order valence-electron chi connectivity index (χ3n) is 3.54. The summed E-state index contributed by atoms with van der Waals surface area (Å²) in [6.07, 6.45) is 3.46. The van der Waals surface area contributed by atoms with Gasteiger partial charge in [-0.1, -0.05) is 37.6 Å². The Labute approximate surface area is 153 Å². The number of halogens is 1. The molecule has 0 fully saturated rings. The molecule has 0 saturated carbocycles. The van der Waals surface area contributed by atoms with Gasteiger partial charge < -0.3 is 15.0 Å². The SMILES string of the molecule is CCCOC1=CC(S)=C(OCCC)C(c2ccc(Cl)cc2)C1=[N+]=[N-]. The molecular weight excluding hydrogens is 344 g/mol. The largest absolute Gasteiger partial charge is 0.495 e. The Morgan fingerprint density at radius 2 is 1.75 bits per heavy atom. The zero-order chi connectivity index (χ0) is 17.5. The predicted octanol–water partition coefficient (Wildman–Crippen LogP) is 4.99. The molecular formula is C18H21ClN2O2S. The van der Waals surface area contributed by atoms with Gasteiger partial charge in [-0.25, -0.2) is 0 Å². The van der Waals surface area contributed by atoms with Gasteiger partial charge in [-0.05, 0) is 30.5 Å². The van der Waals surface area contributed by atoms with Crippen molar-refractivity contribution in [2.75, 3.05) is 13.2 Å². The van der Waals surface area contributed by atoms with Gasteiger partial charge in [-0.2, -0.15) is 4.79 Å². The lowest BCUT2D eigenvalue weighted by Gasteiger charge is -2.24. The average molecular weight is 365 g/mol. The van der Waals surface area contributed by atoms with Crippen molar-refractivity contribution in [1.82, 2.24) is 0 Å². The van der Waals surface area contributed by atoms with Crippen LogP contribution in [0.1, 0.15) is 38.2 Å². The summed E-state index contributed by atoms with van der Waals surface area (Å²) in [6, 6.07) is 7.37. The second kappa shape index (κ2) is 8.97. The Morgan fingerprint density at radius 1 is 1.12 bits per heavy atom. The minimum atomic E-state index is -0.386. The molecule has 1 aliphatic rings. The molecule has 6 heteroatoms. The van der Waals surface area contributed by atoms with E-state index in [4.69, 9.17) is 21.1 Å². The number of rotatable bonds is 7. The standard InChI is InChI=1S/C18H21ClN2O2S/c1-3-9-22-14-11-15(24)18(23-10-4-2)16(17(14)21-20)12-5-7-13(19)8-6-12/h5-8,11,16,24H,3-4,9-10H2,1-2H3. The minimum Gasteiger partial charge on any atom is -0.495 e. The van der Waals surface area contributed by atoms with Crippen molar-refractivity contribution in [3.63, 3.8) is 0 Å². The maximum absolute atomic E-state index is 9.61. The van der Waals surface area contributed by atoms with Crippen molar-refractivity contribution >= 4 is 29.9 Å². The summed E-state index contributed by atoms with van der Waals surface area (Å²) in [4.78, 5) is 4.17. The number of benzene rings is 1. The molecule has 0 spiro atoms. The Bertz CT molecular complexity index is 691. The van der Waals surface area contributed by atoms with Crippen LogP contribution in [0.5, 0.6) is 0 Å². The van der Waals surface area contributed by atoms with Crippen LogP contribution in [0.25, 0.3) is 5.53 Å². The molecule has 1 aromatic rings. The monoisotopic (exact) mass is 364 g/mol. The fourth-order valence-electron chi connectivity index (χ4n) is 2.45. The van der Waals surface area contributed by atoms with Crippen LogP contribution in [0, 0.1) is 0 Å². The molecule has 0 aliphatic heterocycles. The molecule has 0 amide bonds. The van der Waals surface area contributed by atoms with Crippen molar-refractivity contribution in [2.45, 2.75) is 32.6 Å². The van der Waals surface area contributed by atoms with E-state index in [1.165, 1.54) is 0 Å². The lowest BCUT2D eigenvalue weighted by molar-refractivity contribution is -0.0158. The van der Waals surface area contributed by atoms with Crippen molar-refractivity contribution in [3.05, 3.63) is 62.9 Å². The number of thiol groups is 1. The van der Waals surface area contributed by atoms with Gasteiger partial charge in [-0.3, -0.25) is 0 Å². The normalized spacial score (nSPS) is 17.4. The molecule has 0 heterocycles. The van der Waals surface area contributed by atoms with Gasteiger partial charge in [0.25, 0.3) is 0 Å². The predicted molar refractivity (Wildman–Crippen MR) is 99.4 cm³/mol. The zero-order valence-corrected chi connectivity index (χ0v) is 15.5. The summed E-state index contributed by atoms with van der Waals surface area (Å²) < 4.78 is 11.6. The van der Waals surface area contributed by atoms with E-state index < -0.39 is 0 Å². The van der Waals surface area contributed by atoms with Crippen LogP contribution in [-0.4, -0.2) is 23.7 Å². The van der Waals surface area contributed by atoms with Crippen molar-refractivity contribution in [3.8, 4) is 0 Å². The second-order valence-electron chi connectivity index (χ2n) is 5.42. The first kappa shape index (κ1) is 18.7. The maximum Gasteiger partial charge on any atom is 0.348 e. The van der Waals surface area contributed by atoms with Crippen LogP contribution in [-0.2, 0) is 9.47 Å². The molecule has 1 aliphatic carbocycles. The lowest BCUT2D eigenvalue weighted by Crippen LogP contribution is -2.25. The minimum absolute atomic E-state index is 0.386. The van der Waals surface area contributed by atoms with Crippen LogP contribution < -0.4 is 0 Å². The molecule has 0 radical (unpaired) electrons.